The molecule has 0 aliphatic heterocycles. The van der Waals surface area contributed by atoms with Crippen molar-refractivity contribution < 1.29 is 4.74 Å². The minimum atomic E-state index is 0.166. The van der Waals surface area contributed by atoms with E-state index in [2.05, 4.69) is 12.2 Å². The number of nitrogens with one attached hydrogen (secondary N) is 1. The van der Waals surface area contributed by atoms with E-state index >= 15 is 0 Å². The molecule has 0 unspecified atom stereocenters. The fraction of sp³-hybridized carbons (Fsp3) is 1.00. The van der Waals surface area contributed by atoms with Crippen LogP contribution in [0.2, 0.25) is 0 Å². The SMILES string of the molecule is CCCCCCOC1(CNC)CCCCC1. The van der Waals surface area contributed by atoms with Crippen molar-refractivity contribution in [2.75, 3.05) is 20.2 Å². The van der Waals surface area contributed by atoms with Gasteiger partial charge in [-0.2, -0.15) is 0 Å². The van der Waals surface area contributed by atoms with Crippen molar-refractivity contribution in [3.05, 3.63) is 0 Å². The topological polar surface area (TPSA) is 21.3 Å². The minimum absolute atomic E-state index is 0.166. The van der Waals surface area contributed by atoms with E-state index in [9.17, 15) is 0 Å². The number of unbranched alkanes of at least 4 members (excludes halogenated alkanes) is 3. The smallest absolute Gasteiger partial charge is 0.0806 e. The van der Waals surface area contributed by atoms with E-state index in [0.29, 0.717) is 0 Å². The van der Waals surface area contributed by atoms with Crippen LogP contribution in [-0.2, 0) is 4.74 Å². The van der Waals surface area contributed by atoms with Crippen LogP contribution in [0.4, 0.5) is 0 Å². The highest BCUT2D eigenvalue weighted by Gasteiger charge is 2.31. The van der Waals surface area contributed by atoms with Gasteiger partial charge in [0.25, 0.3) is 0 Å². The molecule has 96 valence electrons. The Morgan fingerprint density at radius 3 is 2.44 bits per heavy atom. The molecule has 0 aromatic heterocycles. The maximum Gasteiger partial charge on any atom is 0.0806 e. The lowest BCUT2D eigenvalue weighted by molar-refractivity contribution is -0.0686. The van der Waals surface area contributed by atoms with Crippen molar-refractivity contribution >= 4 is 0 Å². The second kappa shape index (κ2) is 8.08. The van der Waals surface area contributed by atoms with Crippen LogP contribution >= 0.6 is 0 Å². The van der Waals surface area contributed by atoms with Gasteiger partial charge in [-0.25, -0.2) is 0 Å². The molecule has 1 aliphatic rings. The van der Waals surface area contributed by atoms with Crippen molar-refractivity contribution in [1.82, 2.24) is 5.32 Å². The van der Waals surface area contributed by atoms with Gasteiger partial charge in [0.1, 0.15) is 0 Å². The maximum absolute atomic E-state index is 6.20. The number of rotatable bonds is 8. The number of ether oxygens (including phenoxy) is 1. The van der Waals surface area contributed by atoms with Crippen molar-refractivity contribution in [2.24, 2.45) is 0 Å². The van der Waals surface area contributed by atoms with E-state index < -0.39 is 0 Å². The lowest BCUT2D eigenvalue weighted by Gasteiger charge is -2.37. The first-order chi connectivity index (χ1) is 7.83. The van der Waals surface area contributed by atoms with Crippen LogP contribution in [-0.4, -0.2) is 25.8 Å². The Balaban J connectivity index is 2.21. The van der Waals surface area contributed by atoms with Gasteiger partial charge in [0.05, 0.1) is 5.60 Å². The Bertz CT molecular complexity index is 159. The normalized spacial score (nSPS) is 19.9. The molecule has 1 saturated carbocycles. The molecular weight excluding hydrogens is 198 g/mol. The third kappa shape index (κ3) is 4.84. The van der Waals surface area contributed by atoms with Gasteiger partial charge in [-0.15, -0.1) is 0 Å². The minimum Gasteiger partial charge on any atom is -0.374 e. The summed E-state index contributed by atoms with van der Waals surface area (Å²) in [5.74, 6) is 0. The van der Waals surface area contributed by atoms with Crippen molar-refractivity contribution in [3.8, 4) is 0 Å². The monoisotopic (exact) mass is 227 g/mol. The summed E-state index contributed by atoms with van der Waals surface area (Å²) in [4.78, 5) is 0. The Kier molecular flexibility index (Phi) is 7.06. The van der Waals surface area contributed by atoms with Crippen LogP contribution in [0.25, 0.3) is 0 Å². The molecule has 0 heterocycles. The van der Waals surface area contributed by atoms with Gasteiger partial charge in [-0.1, -0.05) is 45.4 Å². The van der Waals surface area contributed by atoms with Crippen LogP contribution < -0.4 is 5.32 Å². The molecule has 16 heavy (non-hydrogen) atoms. The second-order valence-electron chi connectivity index (χ2n) is 5.18. The molecule has 0 spiro atoms. The first-order valence-corrected chi connectivity index (χ1v) is 7.11. The Morgan fingerprint density at radius 2 is 1.81 bits per heavy atom. The van der Waals surface area contributed by atoms with Gasteiger partial charge in [0.15, 0.2) is 0 Å². The fourth-order valence-electron chi connectivity index (χ4n) is 2.71. The third-order valence-electron chi connectivity index (χ3n) is 3.67. The molecule has 0 bridgehead atoms. The summed E-state index contributed by atoms with van der Waals surface area (Å²) in [5, 5.41) is 3.31. The standard InChI is InChI=1S/C14H29NO/c1-3-4-5-9-12-16-14(13-15-2)10-7-6-8-11-14/h15H,3-13H2,1-2H3. The van der Waals surface area contributed by atoms with Crippen LogP contribution in [0.5, 0.6) is 0 Å². The van der Waals surface area contributed by atoms with Crippen LogP contribution in [0, 0.1) is 0 Å². The van der Waals surface area contributed by atoms with Gasteiger partial charge < -0.3 is 10.1 Å². The zero-order valence-electron chi connectivity index (χ0n) is 11.2. The zero-order chi connectivity index (χ0) is 11.7. The first kappa shape index (κ1) is 14.0. The highest BCUT2D eigenvalue weighted by molar-refractivity contribution is 4.86. The highest BCUT2D eigenvalue weighted by atomic mass is 16.5. The molecule has 1 aliphatic carbocycles. The first-order valence-electron chi connectivity index (χ1n) is 7.11. The van der Waals surface area contributed by atoms with Crippen molar-refractivity contribution in [2.45, 2.75) is 70.3 Å². The van der Waals surface area contributed by atoms with Gasteiger partial charge >= 0.3 is 0 Å². The van der Waals surface area contributed by atoms with Gasteiger partial charge in [0, 0.05) is 13.2 Å². The summed E-state index contributed by atoms with van der Waals surface area (Å²) in [7, 11) is 2.04. The summed E-state index contributed by atoms with van der Waals surface area (Å²) < 4.78 is 6.20. The lowest BCUT2D eigenvalue weighted by Crippen LogP contribution is -2.44. The molecule has 1 fully saturated rings. The van der Waals surface area contributed by atoms with E-state index in [1.807, 2.05) is 7.05 Å². The molecule has 2 heteroatoms. The Labute approximate surface area is 101 Å². The molecule has 0 saturated heterocycles. The van der Waals surface area contributed by atoms with Crippen LogP contribution in [0.1, 0.15) is 64.7 Å². The van der Waals surface area contributed by atoms with Crippen LogP contribution in [0.3, 0.4) is 0 Å². The fourth-order valence-corrected chi connectivity index (χ4v) is 2.71. The molecular formula is C14H29NO. The van der Waals surface area contributed by atoms with E-state index in [1.54, 1.807) is 0 Å². The zero-order valence-corrected chi connectivity index (χ0v) is 11.2. The Hall–Kier alpha value is -0.0800. The molecule has 0 atom stereocenters. The average molecular weight is 227 g/mol. The van der Waals surface area contributed by atoms with Gasteiger partial charge in [0.2, 0.25) is 0 Å². The maximum atomic E-state index is 6.20. The number of likely N-dealkylation sites (N-methyl/N-ethyl adjacent to an activating group) is 1. The largest absolute Gasteiger partial charge is 0.374 e. The lowest BCUT2D eigenvalue weighted by atomic mass is 9.84. The summed E-state index contributed by atoms with van der Waals surface area (Å²) in [5.41, 5.74) is 0.166. The third-order valence-corrected chi connectivity index (χ3v) is 3.67. The van der Waals surface area contributed by atoms with Crippen LogP contribution in [0.15, 0.2) is 0 Å². The summed E-state index contributed by atoms with van der Waals surface area (Å²) in [6, 6.07) is 0. The highest BCUT2D eigenvalue weighted by Crippen LogP contribution is 2.31. The molecule has 0 radical (unpaired) electrons. The number of hydrogen-bond donors (Lipinski definition) is 1. The van der Waals surface area contributed by atoms with Crippen molar-refractivity contribution in [3.63, 3.8) is 0 Å². The van der Waals surface area contributed by atoms with E-state index in [4.69, 9.17) is 4.74 Å². The Morgan fingerprint density at radius 1 is 1.06 bits per heavy atom. The predicted octanol–water partition coefficient (Wildman–Crippen LogP) is 3.51. The molecule has 2 nitrogen and oxygen atoms in total. The number of hydrogen-bond acceptors (Lipinski definition) is 2. The summed E-state index contributed by atoms with van der Waals surface area (Å²) in [6.07, 6.45) is 11.8. The molecule has 0 aromatic rings. The molecule has 1 rings (SSSR count). The van der Waals surface area contributed by atoms with Crippen molar-refractivity contribution in [1.29, 1.82) is 0 Å². The van der Waals surface area contributed by atoms with Gasteiger partial charge in [-0.3, -0.25) is 0 Å². The second-order valence-corrected chi connectivity index (χ2v) is 5.18. The molecule has 0 amide bonds. The molecule has 1 N–H and O–H groups in total. The van der Waals surface area contributed by atoms with E-state index in [1.165, 1.54) is 57.8 Å². The average Bonchev–Trinajstić information content (AvgIpc) is 2.30. The summed E-state index contributed by atoms with van der Waals surface area (Å²) >= 11 is 0. The summed E-state index contributed by atoms with van der Waals surface area (Å²) in [6.45, 7) is 4.24. The molecule has 0 aromatic carbocycles. The van der Waals surface area contributed by atoms with E-state index in [0.717, 1.165) is 13.2 Å². The predicted molar refractivity (Wildman–Crippen MR) is 69.8 cm³/mol. The quantitative estimate of drug-likeness (QED) is 0.641. The van der Waals surface area contributed by atoms with E-state index in [-0.39, 0.29) is 5.60 Å². The van der Waals surface area contributed by atoms with Gasteiger partial charge in [-0.05, 0) is 26.3 Å².